The minimum atomic E-state index is -0.432. The monoisotopic (exact) mass is 714 g/mol. The zero-order valence-electron chi connectivity index (χ0n) is 25.8. The highest BCUT2D eigenvalue weighted by molar-refractivity contribution is 9.10. The molecule has 7 rings (SSSR count). The Bertz CT molecular complexity index is 2060. The largest absolute Gasteiger partial charge is 0.490 e. The van der Waals surface area contributed by atoms with E-state index in [9.17, 15) is 14.4 Å². The number of fused-ring (bicyclic) bond motifs is 1. The van der Waals surface area contributed by atoms with E-state index >= 15 is 0 Å². The molecular weight excluding hydrogens is 684 g/mol. The van der Waals surface area contributed by atoms with Gasteiger partial charge in [-0.25, -0.2) is 4.79 Å². The number of carbonyl (C=O) groups excluding carboxylic acids is 2. The Hall–Kier alpha value is -4.61. The maximum atomic E-state index is 14.2. The lowest BCUT2D eigenvalue weighted by Crippen LogP contribution is -2.47. The van der Waals surface area contributed by atoms with E-state index in [-0.39, 0.29) is 49.1 Å². The first-order valence-corrected chi connectivity index (χ1v) is 16.6. The van der Waals surface area contributed by atoms with Crippen LogP contribution in [0.2, 0.25) is 5.02 Å². The van der Waals surface area contributed by atoms with Gasteiger partial charge in [0.05, 0.1) is 34.7 Å². The molecule has 2 aliphatic rings. The van der Waals surface area contributed by atoms with Gasteiger partial charge in [0.2, 0.25) is 0 Å². The summed E-state index contributed by atoms with van der Waals surface area (Å²) in [7, 11) is 1.86. The molecule has 10 nitrogen and oxygen atoms in total. The number of hydrogen-bond acceptors (Lipinski definition) is 5. The summed E-state index contributed by atoms with van der Waals surface area (Å²) in [5.41, 5.74) is 3.81. The summed E-state index contributed by atoms with van der Waals surface area (Å²) in [5, 5.41) is 8.01. The summed E-state index contributed by atoms with van der Waals surface area (Å²) in [5.74, 6) is 0.0400. The summed E-state index contributed by atoms with van der Waals surface area (Å²) < 4.78 is 11.4. The van der Waals surface area contributed by atoms with Gasteiger partial charge in [-0.15, -0.1) is 0 Å². The number of aromatic nitrogens is 4. The van der Waals surface area contributed by atoms with Crippen molar-refractivity contribution in [3.05, 3.63) is 121 Å². The molecule has 1 unspecified atom stereocenters. The van der Waals surface area contributed by atoms with Gasteiger partial charge in [0.25, 0.3) is 11.8 Å². The molecule has 2 amide bonds. The van der Waals surface area contributed by atoms with Crippen LogP contribution in [0.25, 0.3) is 16.9 Å². The number of carbonyl (C=O) groups is 2. The quantitative estimate of drug-likeness (QED) is 0.213. The standard InChI is InChI=1S/C35H32BrClN6O4/c1-21-19-42-31(20-41(21)34(45)22-7-14-28(36)29(37)17-22)32(43(35(42)46)24-8-10-25(11-9-24)47-26-12-13-26)33(44)38-18-23-5-3-4-6-27(23)30-15-16-40(2)39-30/h3-11,14-17,21,26H,12-13,18-20H2,1-2H3,(H,38,44). The van der Waals surface area contributed by atoms with Gasteiger partial charge in [-0.3, -0.25) is 23.4 Å². The van der Waals surface area contributed by atoms with Crippen LogP contribution in [-0.4, -0.2) is 47.8 Å². The fourth-order valence-corrected chi connectivity index (χ4v) is 6.38. The summed E-state index contributed by atoms with van der Waals surface area (Å²) in [6, 6.07) is 21.6. The number of rotatable bonds is 8. The molecule has 1 N–H and O–H groups in total. The van der Waals surface area contributed by atoms with E-state index in [0.717, 1.165) is 29.7 Å². The fraction of sp³-hybridized carbons (Fsp3) is 0.257. The third-order valence-corrected chi connectivity index (χ3v) is 9.79. The third-order valence-electron chi connectivity index (χ3n) is 8.55. The minimum absolute atomic E-state index is 0.0616. The van der Waals surface area contributed by atoms with Crippen LogP contribution >= 0.6 is 27.5 Å². The highest BCUT2D eigenvalue weighted by atomic mass is 79.9. The smallest absolute Gasteiger partial charge is 0.333 e. The molecule has 1 atom stereocenters. The maximum Gasteiger partial charge on any atom is 0.333 e. The lowest BCUT2D eigenvalue weighted by atomic mass is 10.0. The van der Waals surface area contributed by atoms with E-state index in [1.807, 2.05) is 62.6 Å². The van der Waals surface area contributed by atoms with Gasteiger partial charge in [0.1, 0.15) is 11.4 Å². The molecule has 240 valence electrons. The molecule has 3 aromatic carbocycles. The number of nitrogens with zero attached hydrogens (tertiary/aromatic N) is 5. The Labute approximate surface area is 284 Å². The Morgan fingerprint density at radius 2 is 1.83 bits per heavy atom. The van der Waals surface area contributed by atoms with Crippen molar-refractivity contribution in [2.75, 3.05) is 0 Å². The molecule has 47 heavy (non-hydrogen) atoms. The van der Waals surface area contributed by atoms with Gasteiger partial charge < -0.3 is 15.0 Å². The molecule has 0 spiro atoms. The molecule has 0 saturated heterocycles. The predicted molar refractivity (Wildman–Crippen MR) is 182 cm³/mol. The Morgan fingerprint density at radius 3 is 2.53 bits per heavy atom. The molecule has 1 aliphatic heterocycles. The van der Waals surface area contributed by atoms with Gasteiger partial charge in [0, 0.05) is 48.0 Å². The van der Waals surface area contributed by atoms with E-state index in [1.54, 1.807) is 44.5 Å². The first-order chi connectivity index (χ1) is 22.7. The first-order valence-electron chi connectivity index (χ1n) is 15.4. The molecule has 1 fully saturated rings. The summed E-state index contributed by atoms with van der Waals surface area (Å²) in [6.45, 7) is 2.38. The fourth-order valence-electron chi connectivity index (χ4n) is 5.95. The Kier molecular flexibility index (Phi) is 8.27. The number of amides is 2. The van der Waals surface area contributed by atoms with Crippen molar-refractivity contribution < 1.29 is 14.3 Å². The first kappa shape index (κ1) is 31.0. The van der Waals surface area contributed by atoms with E-state index in [1.165, 1.54) is 4.57 Å². The third kappa shape index (κ3) is 6.13. The molecule has 1 saturated carbocycles. The molecular formula is C35H32BrClN6O4. The maximum absolute atomic E-state index is 14.2. The van der Waals surface area contributed by atoms with Crippen molar-refractivity contribution >= 4 is 39.3 Å². The van der Waals surface area contributed by atoms with Crippen LogP contribution in [0.15, 0.2) is 88.3 Å². The topological polar surface area (TPSA) is 103 Å². The second kappa shape index (κ2) is 12.5. The van der Waals surface area contributed by atoms with Gasteiger partial charge in [-0.2, -0.15) is 5.10 Å². The number of ether oxygens (including phenoxy) is 1. The Morgan fingerprint density at radius 1 is 1.06 bits per heavy atom. The predicted octanol–water partition coefficient (Wildman–Crippen LogP) is 5.97. The van der Waals surface area contributed by atoms with Crippen LogP contribution in [0.4, 0.5) is 0 Å². The molecule has 0 radical (unpaired) electrons. The minimum Gasteiger partial charge on any atom is -0.490 e. The van der Waals surface area contributed by atoms with Gasteiger partial charge in [0.15, 0.2) is 0 Å². The molecule has 3 heterocycles. The van der Waals surface area contributed by atoms with E-state index in [0.29, 0.717) is 32.2 Å². The van der Waals surface area contributed by atoms with Crippen LogP contribution in [0, 0.1) is 0 Å². The van der Waals surface area contributed by atoms with Crippen LogP contribution in [0.1, 0.15) is 51.9 Å². The SMILES string of the molecule is CC1Cn2c(c(C(=O)NCc3ccccc3-c3ccn(C)n3)n(-c3ccc(OC4CC4)cc3)c2=O)CN1C(=O)c1ccc(Br)c(Cl)c1. The molecule has 5 aromatic rings. The molecule has 12 heteroatoms. The van der Waals surface area contributed by atoms with Crippen molar-refractivity contribution in [3.63, 3.8) is 0 Å². The number of benzene rings is 3. The molecule has 0 bridgehead atoms. The normalized spacial score (nSPS) is 15.7. The number of imidazole rings is 1. The van der Waals surface area contributed by atoms with Gasteiger partial charge in [-0.05, 0) is 89.8 Å². The number of aryl methyl sites for hydroxylation is 1. The van der Waals surface area contributed by atoms with E-state index in [4.69, 9.17) is 16.3 Å². The van der Waals surface area contributed by atoms with Crippen LogP contribution < -0.4 is 15.7 Å². The number of nitrogens with one attached hydrogen (secondary N) is 1. The van der Waals surface area contributed by atoms with Crippen LogP contribution in [0.3, 0.4) is 0 Å². The highest BCUT2D eigenvalue weighted by Crippen LogP contribution is 2.30. The van der Waals surface area contributed by atoms with Crippen LogP contribution in [0.5, 0.6) is 5.75 Å². The average molecular weight is 716 g/mol. The van der Waals surface area contributed by atoms with Crippen molar-refractivity contribution in [1.29, 1.82) is 0 Å². The lowest BCUT2D eigenvalue weighted by Gasteiger charge is -2.34. The zero-order chi connectivity index (χ0) is 32.8. The van der Waals surface area contributed by atoms with Crippen molar-refractivity contribution in [2.24, 2.45) is 7.05 Å². The Balaban J connectivity index is 1.26. The molecule has 1 aliphatic carbocycles. The molecule has 2 aromatic heterocycles. The summed E-state index contributed by atoms with van der Waals surface area (Å²) in [4.78, 5) is 43.8. The van der Waals surface area contributed by atoms with Crippen molar-refractivity contribution in [3.8, 4) is 22.7 Å². The number of halogens is 2. The second-order valence-electron chi connectivity index (χ2n) is 12.0. The van der Waals surface area contributed by atoms with Gasteiger partial charge in [-0.1, -0.05) is 35.9 Å². The number of hydrogen-bond donors (Lipinski definition) is 1. The van der Waals surface area contributed by atoms with Gasteiger partial charge >= 0.3 is 5.69 Å². The zero-order valence-corrected chi connectivity index (χ0v) is 28.2. The van der Waals surface area contributed by atoms with E-state index < -0.39 is 5.91 Å². The van der Waals surface area contributed by atoms with Crippen molar-refractivity contribution in [2.45, 2.75) is 51.5 Å². The van der Waals surface area contributed by atoms with E-state index in [2.05, 4.69) is 26.3 Å². The van der Waals surface area contributed by atoms with Crippen LogP contribution in [-0.2, 0) is 26.7 Å². The summed E-state index contributed by atoms with van der Waals surface area (Å²) in [6.07, 6.45) is 4.15. The summed E-state index contributed by atoms with van der Waals surface area (Å²) >= 11 is 9.70. The second-order valence-corrected chi connectivity index (χ2v) is 13.2. The highest BCUT2D eigenvalue weighted by Gasteiger charge is 2.35. The lowest BCUT2D eigenvalue weighted by molar-refractivity contribution is 0.0610. The average Bonchev–Trinajstić information content (AvgIpc) is 3.71. The van der Waals surface area contributed by atoms with Crippen molar-refractivity contribution in [1.82, 2.24) is 29.1 Å².